The number of carbonyl (C=O) groups excluding carboxylic acids is 1. The quantitative estimate of drug-likeness (QED) is 0.340. The molecule has 5 heteroatoms. The number of methoxy groups -OCH3 is 1. The smallest absolute Gasteiger partial charge is 0.411 e. The predicted molar refractivity (Wildman–Crippen MR) is 123 cm³/mol. The number of nitrogens with zero attached hydrogens (tertiary/aromatic N) is 1. The molecule has 2 N–H and O–H groups in total. The summed E-state index contributed by atoms with van der Waals surface area (Å²) in [6, 6.07) is 5.57. The van der Waals surface area contributed by atoms with Crippen LogP contribution in [0.3, 0.4) is 0 Å². The zero-order valence-corrected chi connectivity index (χ0v) is 19.0. The van der Waals surface area contributed by atoms with Crippen LogP contribution in [0.15, 0.2) is 23.2 Å². The Kier molecular flexibility index (Phi) is 13.9. The molecular weight excluding hydrogens is 350 g/mol. The van der Waals surface area contributed by atoms with Gasteiger partial charge >= 0.3 is 6.09 Å². The van der Waals surface area contributed by atoms with E-state index in [1.165, 1.54) is 39.2 Å². The molecule has 0 spiro atoms. The molecule has 1 aromatic carbocycles. The first-order valence-electron chi connectivity index (χ1n) is 10.5. The molecule has 0 fully saturated rings. The van der Waals surface area contributed by atoms with E-state index in [9.17, 15) is 4.79 Å². The third-order valence-corrected chi connectivity index (χ3v) is 3.79. The molecular formula is C23H41N3O2. The highest BCUT2D eigenvalue weighted by Crippen LogP contribution is 2.29. The summed E-state index contributed by atoms with van der Waals surface area (Å²) in [4.78, 5) is 15.8. The Labute approximate surface area is 172 Å². The van der Waals surface area contributed by atoms with Crippen LogP contribution in [0.1, 0.15) is 80.1 Å². The van der Waals surface area contributed by atoms with Gasteiger partial charge in [0, 0.05) is 18.4 Å². The van der Waals surface area contributed by atoms with Gasteiger partial charge in [-0.1, -0.05) is 73.6 Å². The topological polar surface area (TPSA) is 62.7 Å². The van der Waals surface area contributed by atoms with Crippen LogP contribution < -0.4 is 10.6 Å². The summed E-state index contributed by atoms with van der Waals surface area (Å²) in [5.41, 5.74) is 2.40. The summed E-state index contributed by atoms with van der Waals surface area (Å²) in [5, 5.41) is 5.99. The lowest BCUT2D eigenvalue weighted by Gasteiger charge is -2.13. The van der Waals surface area contributed by atoms with E-state index in [4.69, 9.17) is 0 Å². The van der Waals surface area contributed by atoms with Gasteiger partial charge in [-0.2, -0.15) is 0 Å². The second-order valence-electron chi connectivity index (χ2n) is 7.96. The molecule has 0 aliphatic rings. The van der Waals surface area contributed by atoms with Crippen LogP contribution in [0.25, 0.3) is 0 Å². The molecule has 0 bridgehead atoms. The highest BCUT2D eigenvalue weighted by Gasteiger charge is 2.08. The molecule has 0 unspecified atom stereocenters. The van der Waals surface area contributed by atoms with E-state index in [0.717, 1.165) is 24.3 Å². The van der Waals surface area contributed by atoms with Crippen LogP contribution in [-0.4, -0.2) is 26.0 Å². The summed E-state index contributed by atoms with van der Waals surface area (Å²) >= 11 is 0. The first-order chi connectivity index (χ1) is 13.3. The van der Waals surface area contributed by atoms with Crippen molar-refractivity contribution >= 4 is 29.4 Å². The van der Waals surface area contributed by atoms with E-state index >= 15 is 0 Å². The van der Waals surface area contributed by atoms with Crippen molar-refractivity contribution in [1.29, 1.82) is 0 Å². The molecule has 0 radical (unpaired) electrons. The van der Waals surface area contributed by atoms with Crippen LogP contribution in [0.4, 0.5) is 21.9 Å². The van der Waals surface area contributed by atoms with Crippen LogP contribution in [0, 0.1) is 5.41 Å². The third kappa shape index (κ3) is 13.2. The Bertz CT molecular complexity index is 574. The van der Waals surface area contributed by atoms with E-state index in [0.29, 0.717) is 5.69 Å². The van der Waals surface area contributed by atoms with Gasteiger partial charge in [-0.25, -0.2) is 4.79 Å². The number of anilines is 2. The van der Waals surface area contributed by atoms with E-state index in [1.807, 2.05) is 24.4 Å². The van der Waals surface area contributed by atoms with Gasteiger partial charge < -0.3 is 10.1 Å². The predicted octanol–water partition coefficient (Wildman–Crippen LogP) is 7.41. The number of hydrogen-bond donors (Lipinski definition) is 2. The number of amides is 1. The molecule has 160 valence electrons. The SMILES string of the molecule is CCCCCCC.CCCNc1ccc(NC(=O)OC)cc1N=CC(C)(C)C. The van der Waals surface area contributed by atoms with E-state index in [-0.39, 0.29) is 5.41 Å². The van der Waals surface area contributed by atoms with Gasteiger partial charge in [-0.05, 0) is 30.0 Å². The van der Waals surface area contributed by atoms with Crippen molar-refractivity contribution in [2.24, 2.45) is 10.4 Å². The lowest BCUT2D eigenvalue weighted by Crippen LogP contribution is -2.11. The molecule has 5 nitrogen and oxygen atoms in total. The van der Waals surface area contributed by atoms with Crippen LogP contribution in [0.5, 0.6) is 0 Å². The first-order valence-corrected chi connectivity index (χ1v) is 10.5. The fraction of sp³-hybridized carbons (Fsp3) is 0.652. The van der Waals surface area contributed by atoms with Crippen molar-refractivity contribution in [3.63, 3.8) is 0 Å². The van der Waals surface area contributed by atoms with Crippen molar-refractivity contribution in [3.8, 4) is 0 Å². The molecule has 1 rings (SSSR count). The number of ether oxygens (including phenoxy) is 1. The number of carbonyl (C=O) groups is 1. The number of nitrogens with one attached hydrogen (secondary N) is 2. The van der Waals surface area contributed by atoms with E-state index < -0.39 is 6.09 Å². The molecule has 0 saturated heterocycles. The summed E-state index contributed by atoms with van der Waals surface area (Å²) < 4.78 is 4.60. The average Bonchev–Trinajstić information content (AvgIpc) is 2.65. The minimum Gasteiger partial charge on any atom is -0.453 e. The lowest BCUT2D eigenvalue weighted by atomic mass is 9.99. The van der Waals surface area contributed by atoms with Gasteiger partial charge in [0.2, 0.25) is 0 Å². The van der Waals surface area contributed by atoms with Crippen molar-refractivity contribution in [2.45, 2.75) is 80.1 Å². The Morgan fingerprint density at radius 2 is 1.71 bits per heavy atom. The summed E-state index contributed by atoms with van der Waals surface area (Å²) in [6.07, 6.45) is 9.45. The minimum absolute atomic E-state index is 0.00614. The van der Waals surface area contributed by atoms with E-state index in [1.54, 1.807) is 0 Å². The average molecular weight is 392 g/mol. The van der Waals surface area contributed by atoms with Crippen LogP contribution in [0.2, 0.25) is 0 Å². The van der Waals surface area contributed by atoms with Crippen LogP contribution in [-0.2, 0) is 4.74 Å². The standard InChI is InChI=1S/C16H25N3O2.C7H16/c1-6-9-17-13-8-7-12(19-15(20)21-5)10-14(13)18-11-16(2,3)4;1-3-5-7-6-4-2/h7-8,10-11,17H,6,9H2,1-5H3,(H,19,20);3-7H2,1-2H3. The summed E-state index contributed by atoms with van der Waals surface area (Å²) in [7, 11) is 1.34. The molecule has 0 aliphatic heterocycles. The maximum Gasteiger partial charge on any atom is 0.411 e. The maximum absolute atomic E-state index is 11.3. The van der Waals surface area contributed by atoms with Gasteiger partial charge in [0.05, 0.1) is 18.5 Å². The Morgan fingerprint density at radius 3 is 2.21 bits per heavy atom. The summed E-state index contributed by atoms with van der Waals surface area (Å²) in [5.74, 6) is 0. The van der Waals surface area contributed by atoms with E-state index in [2.05, 4.69) is 61.9 Å². The van der Waals surface area contributed by atoms with Gasteiger partial charge in [-0.3, -0.25) is 10.3 Å². The monoisotopic (exact) mass is 391 g/mol. The number of benzene rings is 1. The summed E-state index contributed by atoms with van der Waals surface area (Å²) in [6.45, 7) is 13.7. The minimum atomic E-state index is -0.491. The molecule has 0 saturated carbocycles. The van der Waals surface area contributed by atoms with Gasteiger partial charge in [0.25, 0.3) is 0 Å². The second-order valence-corrected chi connectivity index (χ2v) is 7.96. The van der Waals surface area contributed by atoms with Gasteiger partial charge in [-0.15, -0.1) is 0 Å². The number of aliphatic imine (C=N–C) groups is 1. The Hall–Kier alpha value is -2.04. The lowest BCUT2D eigenvalue weighted by molar-refractivity contribution is 0.187. The number of hydrogen-bond acceptors (Lipinski definition) is 4. The first kappa shape index (κ1) is 26.0. The fourth-order valence-electron chi connectivity index (χ4n) is 2.23. The third-order valence-electron chi connectivity index (χ3n) is 3.79. The normalized spacial score (nSPS) is 11.0. The zero-order valence-electron chi connectivity index (χ0n) is 19.0. The number of unbranched alkanes of at least 4 members (excludes halogenated alkanes) is 4. The van der Waals surface area contributed by atoms with Crippen molar-refractivity contribution in [3.05, 3.63) is 18.2 Å². The maximum atomic E-state index is 11.3. The molecule has 28 heavy (non-hydrogen) atoms. The van der Waals surface area contributed by atoms with Crippen LogP contribution >= 0.6 is 0 Å². The van der Waals surface area contributed by atoms with Crippen molar-refractivity contribution in [1.82, 2.24) is 0 Å². The molecule has 0 heterocycles. The highest BCUT2D eigenvalue weighted by molar-refractivity contribution is 5.87. The molecule has 0 atom stereocenters. The Balaban J connectivity index is 0.000000887. The zero-order chi connectivity index (χ0) is 21.4. The fourth-order valence-corrected chi connectivity index (χ4v) is 2.23. The van der Waals surface area contributed by atoms with Crippen molar-refractivity contribution < 1.29 is 9.53 Å². The highest BCUT2D eigenvalue weighted by atomic mass is 16.5. The van der Waals surface area contributed by atoms with Gasteiger partial charge in [0.1, 0.15) is 0 Å². The molecule has 1 amide bonds. The second kappa shape index (κ2) is 14.9. The molecule has 1 aromatic rings. The largest absolute Gasteiger partial charge is 0.453 e. The van der Waals surface area contributed by atoms with Gasteiger partial charge in [0.15, 0.2) is 0 Å². The Morgan fingerprint density at radius 1 is 1.07 bits per heavy atom. The van der Waals surface area contributed by atoms with Crippen molar-refractivity contribution in [2.75, 3.05) is 24.3 Å². The number of rotatable bonds is 9. The molecule has 0 aliphatic carbocycles. The molecule has 0 aromatic heterocycles.